The Morgan fingerprint density at radius 2 is 1.65 bits per heavy atom. The van der Waals surface area contributed by atoms with Crippen molar-refractivity contribution in [3.8, 4) is 0 Å². The van der Waals surface area contributed by atoms with E-state index in [1.165, 1.54) is 14.1 Å². The first kappa shape index (κ1) is 19.1. The number of amides is 4. The molecule has 130 valence electrons. The number of likely N-dealkylation sites (N-methyl/N-ethyl adjacent to an activating group) is 1. The van der Waals surface area contributed by atoms with Crippen molar-refractivity contribution in [2.24, 2.45) is 5.92 Å². The number of nitrogens with zero attached hydrogens (tertiary/aromatic N) is 3. The van der Waals surface area contributed by atoms with E-state index in [2.05, 4.69) is 29.6 Å². The number of carbonyl (C=O) groups excluding carboxylic acids is 3. The van der Waals surface area contributed by atoms with Gasteiger partial charge in [-0.2, -0.15) is 0 Å². The second kappa shape index (κ2) is 8.64. The van der Waals surface area contributed by atoms with Crippen molar-refractivity contribution in [2.75, 3.05) is 40.3 Å². The molecule has 0 aromatic carbocycles. The summed E-state index contributed by atoms with van der Waals surface area (Å²) in [5.74, 6) is -2.07. The normalized spacial score (nSPS) is 17.5. The second-order valence-electron chi connectivity index (χ2n) is 5.33. The molecule has 0 bridgehead atoms. The predicted octanol–water partition coefficient (Wildman–Crippen LogP) is -0.00720. The molecule has 1 heterocycles. The van der Waals surface area contributed by atoms with E-state index in [0.29, 0.717) is 12.2 Å². The van der Waals surface area contributed by atoms with Crippen LogP contribution in [0.5, 0.6) is 0 Å². The number of hydrogen-bond donors (Lipinski definition) is 2. The van der Waals surface area contributed by atoms with E-state index < -0.39 is 23.8 Å². The molecular weight excluding hydrogens is 298 g/mol. The third kappa shape index (κ3) is 4.29. The Morgan fingerprint density at radius 1 is 1.13 bits per heavy atom. The number of nitrogens with one attached hydrogen (secondary N) is 2. The van der Waals surface area contributed by atoms with Crippen LogP contribution >= 0.6 is 0 Å². The Kier molecular flexibility index (Phi) is 7.18. The maximum Gasteiger partial charge on any atom is 0.332 e. The lowest BCUT2D eigenvalue weighted by Gasteiger charge is -2.34. The minimum atomic E-state index is -1.02. The van der Waals surface area contributed by atoms with Crippen LogP contribution in [0.1, 0.15) is 20.8 Å². The Balaban J connectivity index is 2.68. The fraction of sp³-hybridized carbons (Fsp3) is 0.667. The van der Waals surface area contributed by atoms with Gasteiger partial charge in [-0.1, -0.05) is 19.9 Å². The summed E-state index contributed by atoms with van der Waals surface area (Å²) < 4.78 is 0. The molecule has 0 aromatic heterocycles. The Hall–Kier alpha value is -1.93. The SMILES string of the molecule is C/C=C(/NNCCN(CC)CC)C1C(=O)N(C)C(=O)N(C)C1=O. The van der Waals surface area contributed by atoms with Gasteiger partial charge in [0, 0.05) is 32.9 Å². The van der Waals surface area contributed by atoms with Gasteiger partial charge in [-0.15, -0.1) is 0 Å². The molecule has 1 saturated heterocycles. The van der Waals surface area contributed by atoms with Gasteiger partial charge in [-0.25, -0.2) is 10.2 Å². The van der Waals surface area contributed by atoms with Crippen molar-refractivity contribution in [2.45, 2.75) is 20.8 Å². The molecular formula is C15H27N5O3. The lowest BCUT2D eigenvalue weighted by atomic mass is 10.00. The highest BCUT2D eigenvalue weighted by molar-refractivity contribution is 6.17. The highest BCUT2D eigenvalue weighted by atomic mass is 16.2. The Labute approximate surface area is 137 Å². The molecule has 1 aliphatic rings. The summed E-state index contributed by atoms with van der Waals surface area (Å²) in [6, 6.07) is -0.610. The summed E-state index contributed by atoms with van der Waals surface area (Å²) in [6.07, 6.45) is 1.67. The van der Waals surface area contributed by atoms with Gasteiger partial charge in [-0.3, -0.25) is 19.4 Å². The van der Waals surface area contributed by atoms with Gasteiger partial charge in [0.25, 0.3) is 0 Å². The summed E-state index contributed by atoms with van der Waals surface area (Å²) in [6.45, 7) is 9.37. The fourth-order valence-electron chi connectivity index (χ4n) is 2.40. The summed E-state index contributed by atoms with van der Waals surface area (Å²) in [5.41, 5.74) is 6.42. The molecule has 0 spiro atoms. The molecule has 0 unspecified atom stereocenters. The number of imide groups is 2. The Morgan fingerprint density at radius 3 is 2.09 bits per heavy atom. The van der Waals surface area contributed by atoms with Crippen molar-refractivity contribution in [3.05, 3.63) is 11.8 Å². The van der Waals surface area contributed by atoms with Crippen LogP contribution in [-0.2, 0) is 9.59 Å². The summed E-state index contributed by atoms with van der Waals surface area (Å²) >= 11 is 0. The standard InChI is InChI=1S/C15H27N5O3/c1-6-11(17-16-9-10-20(7-2)8-3)12-13(21)18(4)15(23)19(5)14(12)22/h6,12,16-17H,7-10H2,1-5H3/b11-6+. The highest BCUT2D eigenvalue weighted by Crippen LogP contribution is 2.20. The van der Waals surface area contributed by atoms with Crippen LogP contribution in [-0.4, -0.2) is 72.8 Å². The van der Waals surface area contributed by atoms with E-state index in [4.69, 9.17) is 0 Å². The third-order valence-corrected chi connectivity index (χ3v) is 4.03. The summed E-state index contributed by atoms with van der Waals surface area (Å²) in [5, 5.41) is 0. The van der Waals surface area contributed by atoms with Gasteiger partial charge < -0.3 is 10.3 Å². The molecule has 0 aromatic rings. The van der Waals surface area contributed by atoms with Crippen LogP contribution in [0.4, 0.5) is 4.79 Å². The van der Waals surface area contributed by atoms with Crippen LogP contribution in [0.15, 0.2) is 11.8 Å². The largest absolute Gasteiger partial charge is 0.332 e. The van der Waals surface area contributed by atoms with Gasteiger partial charge in [0.1, 0.15) is 0 Å². The number of carbonyl (C=O) groups is 3. The van der Waals surface area contributed by atoms with Crippen molar-refractivity contribution < 1.29 is 14.4 Å². The molecule has 23 heavy (non-hydrogen) atoms. The Bertz CT molecular complexity index is 464. The van der Waals surface area contributed by atoms with E-state index >= 15 is 0 Å². The summed E-state index contributed by atoms with van der Waals surface area (Å²) in [7, 11) is 2.75. The monoisotopic (exact) mass is 325 g/mol. The second-order valence-corrected chi connectivity index (χ2v) is 5.33. The van der Waals surface area contributed by atoms with Gasteiger partial charge in [0.2, 0.25) is 11.8 Å². The lowest BCUT2D eigenvalue weighted by molar-refractivity contribution is -0.145. The molecule has 2 N–H and O–H groups in total. The number of hydrazine groups is 1. The predicted molar refractivity (Wildman–Crippen MR) is 87.1 cm³/mol. The van der Waals surface area contributed by atoms with E-state index in [-0.39, 0.29) is 0 Å². The maximum atomic E-state index is 12.3. The minimum absolute atomic E-state index is 0.450. The molecule has 1 rings (SSSR count). The fourth-order valence-corrected chi connectivity index (χ4v) is 2.40. The van der Waals surface area contributed by atoms with Crippen molar-refractivity contribution in [1.82, 2.24) is 25.6 Å². The molecule has 4 amide bonds. The summed E-state index contributed by atoms with van der Waals surface area (Å²) in [4.78, 5) is 40.5. The van der Waals surface area contributed by atoms with Crippen molar-refractivity contribution in [1.29, 1.82) is 0 Å². The average molecular weight is 325 g/mol. The maximum absolute atomic E-state index is 12.3. The van der Waals surface area contributed by atoms with Crippen LogP contribution in [0, 0.1) is 5.92 Å². The number of allylic oxidation sites excluding steroid dienone is 1. The first-order valence-electron chi connectivity index (χ1n) is 7.85. The zero-order chi connectivity index (χ0) is 17.6. The quantitative estimate of drug-likeness (QED) is 0.371. The van der Waals surface area contributed by atoms with E-state index in [1.807, 2.05) is 0 Å². The van der Waals surface area contributed by atoms with Gasteiger partial charge in [0.15, 0.2) is 5.92 Å². The molecule has 8 heteroatoms. The van der Waals surface area contributed by atoms with Gasteiger partial charge in [-0.05, 0) is 20.0 Å². The van der Waals surface area contributed by atoms with Crippen LogP contribution in [0.2, 0.25) is 0 Å². The van der Waals surface area contributed by atoms with Crippen LogP contribution in [0.3, 0.4) is 0 Å². The van der Waals surface area contributed by atoms with Gasteiger partial charge in [0.05, 0.1) is 0 Å². The average Bonchev–Trinajstić information content (AvgIpc) is 2.56. The molecule has 0 saturated carbocycles. The van der Waals surface area contributed by atoms with Crippen molar-refractivity contribution in [3.63, 3.8) is 0 Å². The molecule has 1 aliphatic heterocycles. The molecule has 0 atom stereocenters. The molecule has 1 fully saturated rings. The number of hydrogen-bond acceptors (Lipinski definition) is 6. The first-order valence-corrected chi connectivity index (χ1v) is 7.85. The molecule has 0 radical (unpaired) electrons. The molecule has 8 nitrogen and oxygen atoms in total. The minimum Gasteiger partial charge on any atom is -0.325 e. The third-order valence-electron chi connectivity index (χ3n) is 4.03. The number of urea groups is 1. The van der Waals surface area contributed by atoms with Crippen LogP contribution in [0.25, 0.3) is 0 Å². The number of barbiturate groups is 1. The first-order chi connectivity index (χ1) is 10.9. The molecule has 0 aliphatic carbocycles. The topological polar surface area (TPSA) is 85.0 Å². The van der Waals surface area contributed by atoms with E-state index in [9.17, 15) is 14.4 Å². The van der Waals surface area contributed by atoms with E-state index in [0.717, 1.165) is 29.4 Å². The lowest BCUT2D eigenvalue weighted by Crippen LogP contribution is -2.59. The number of rotatable bonds is 8. The smallest absolute Gasteiger partial charge is 0.325 e. The zero-order valence-corrected chi connectivity index (χ0v) is 14.5. The van der Waals surface area contributed by atoms with Crippen molar-refractivity contribution >= 4 is 17.8 Å². The highest BCUT2D eigenvalue weighted by Gasteiger charge is 2.44. The van der Waals surface area contributed by atoms with Gasteiger partial charge >= 0.3 is 6.03 Å². The van der Waals surface area contributed by atoms with Crippen LogP contribution < -0.4 is 10.9 Å². The van der Waals surface area contributed by atoms with E-state index in [1.54, 1.807) is 13.0 Å². The zero-order valence-electron chi connectivity index (χ0n) is 14.5.